The quantitative estimate of drug-likeness (QED) is 0.388. The van der Waals surface area contributed by atoms with Crippen molar-refractivity contribution in [3.8, 4) is 17.2 Å². The van der Waals surface area contributed by atoms with Crippen molar-refractivity contribution in [3.63, 3.8) is 0 Å². The molecular formula is C20H13Br2N3O3. The zero-order chi connectivity index (χ0) is 19.7. The first-order valence-electron chi connectivity index (χ1n) is 8.20. The lowest BCUT2D eigenvalue weighted by atomic mass is 10.2. The van der Waals surface area contributed by atoms with Crippen LogP contribution in [0.1, 0.15) is 10.4 Å². The fourth-order valence-corrected chi connectivity index (χ4v) is 4.14. The normalized spacial score (nSPS) is 10.8. The molecule has 0 fully saturated rings. The van der Waals surface area contributed by atoms with Gasteiger partial charge in [-0.2, -0.15) is 0 Å². The molecule has 1 amide bonds. The van der Waals surface area contributed by atoms with Crippen LogP contribution in [0.4, 0.5) is 5.69 Å². The second-order valence-electron chi connectivity index (χ2n) is 5.87. The summed E-state index contributed by atoms with van der Waals surface area (Å²) in [4.78, 5) is 21.3. The standard InChI is InChI=1S/C20H13Br2N3O3/c1-27-18-14(7-12(21)8-15(18)22)19(26)24-13-4-5-17-16(9-13)25-20(28-17)11-3-2-6-23-10-11/h2-10H,1H3,(H,24,26). The van der Waals surface area contributed by atoms with Crippen LogP contribution in [-0.2, 0) is 0 Å². The van der Waals surface area contributed by atoms with Gasteiger partial charge in [-0.05, 0) is 58.4 Å². The zero-order valence-electron chi connectivity index (χ0n) is 14.6. The topological polar surface area (TPSA) is 77.2 Å². The van der Waals surface area contributed by atoms with Crippen molar-refractivity contribution >= 4 is 54.6 Å². The molecule has 0 bridgehead atoms. The molecule has 0 saturated carbocycles. The first kappa shape index (κ1) is 18.6. The van der Waals surface area contributed by atoms with E-state index in [0.717, 1.165) is 10.0 Å². The molecule has 0 radical (unpaired) electrons. The highest BCUT2D eigenvalue weighted by molar-refractivity contribution is 9.11. The Morgan fingerprint density at radius 1 is 1.18 bits per heavy atom. The van der Waals surface area contributed by atoms with E-state index in [1.165, 1.54) is 7.11 Å². The lowest BCUT2D eigenvalue weighted by Crippen LogP contribution is -2.13. The van der Waals surface area contributed by atoms with Gasteiger partial charge < -0.3 is 14.5 Å². The van der Waals surface area contributed by atoms with E-state index >= 15 is 0 Å². The summed E-state index contributed by atoms with van der Waals surface area (Å²) in [7, 11) is 1.52. The molecule has 2 heterocycles. The van der Waals surface area contributed by atoms with Crippen molar-refractivity contribution in [1.29, 1.82) is 0 Å². The Balaban J connectivity index is 1.64. The number of pyridine rings is 1. The van der Waals surface area contributed by atoms with Gasteiger partial charge in [0.1, 0.15) is 11.3 Å². The van der Waals surface area contributed by atoms with Gasteiger partial charge in [-0.3, -0.25) is 9.78 Å². The number of anilines is 1. The van der Waals surface area contributed by atoms with Gasteiger partial charge in [0.15, 0.2) is 5.58 Å². The predicted octanol–water partition coefficient (Wildman–Crippen LogP) is 5.68. The molecule has 4 rings (SSSR count). The number of benzene rings is 2. The van der Waals surface area contributed by atoms with E-state index in [1.807, 2.05) is 18.2 Å². The number of hydrogen-bond donors (Lipinski definition) is 1. The predicted molar refractivity (Wildman–Crippen MR) is 114 cm³/mol. The Hall–Kier alpha value is -2.71. The third-order valence-electron chi connectivity index (χ3n) is 4.01. The molecule has 0 aliphatic carbocycles. The molecule has 8 heteroatoms. The summed E-state index contributed by atoms with van der Waals surface area (Å²) in [6.45, 7) is 0. The molecule has 0 spiro atoms. The number of halogens is 2. The number of ether oxygens (including phenoxy) is 1. The summed E-state index contributed by atoms with van der Waals surface area (Å²) in [5.41, 5.74) is 3.05. The van der Waals surface area contributed by atoms with Gasteiger partial charge >= 0.3 is 0 Å². The van der Waals surface area contributed by atoms with E-state index in [2.05, 4.69) is 47.1 Å². The molecule has 28 heavy (non-hydrogen) atoms. The summed E-state index contributed by atoms with van der Waals surface area (Å²) >= 11 is 6.80. The number of carbonyl (C=O) groups excluding carboxylic acids is 1. The Morgan fingerprint density at radius 2 is 2.04 bits per heavy atom. The molecule has 1 N–H and O–H groups in total. The molecule has 0 aliphatic rings. The summed E-state index contributed by atoms with van der Waals surface area (Å²) in [6.07, 6.45) is 3.37. The minimum atomic E-state index is -0.297. The van der Waals surface area contributed by atoms with Gasteiger partial charge in [-0.1, -0.05) is 15.9 Å². The van der Waals surface area contributed by atoms with Crippen LogP contribution >= 0.6 is 31.9 Å². The molecule has 4 aromatic rings. The average molecular weight is 503 g/mol. The molecule has 0 aliphatic heterocycles. The van der Waals surface area contributed by atoms with Crippen LogP contribution in [-0.4, -0.2) is 23.0 Å². The summed E-state index contributed by atoms with van der Waals surface area (Å²) in [5.74, 6) is 0.639. The molecular weight excluding hydrogens is 490 g/mol. The molecule has 0 unspecified atom stereocenters. The maximum absolute atomic E-state index is 12.8. The molecule has 140 valence electrons. The first-order chi connectivity index (χ1) is 13.5. The van der Waals surface area contributed by atoms with E-state index < -0.39 is 0 Å². The number of oxazole rings is 1. The van der Waals surface area contributed by atoms with Crippen molar-refractivity contribution in [2.24, 2.45) is 0 Å². The first-order valence-corrected chi connectivity index (χ1v) is 9.79. The number of methoxy groups -OCH3 is 1. The maximum atomic E-state index is 12.8. The summed E-state index contributed by atoms with van der Waals surface area (Å²) in [5, 5.41) is 2.87. The highest BCUT2D eigenvalue weighted by Gasteiger charge is 2.17. The largest absolute Gasteiger partial charge is 0.495 e. The fraction of sp³-hybridized carbons (Fsp3) is 0.0500. The number of carbonyl (C=O) groups is 1. The summed E-state index contributed by atoms with van der Waals surface area (Å²) in [6, 6.07) is 12.5. The Kier molecular flexibility index (Phi) is 5.15. The third kappa shape index (κ3) is 3.65. The van der Waals surface area contributed by atoms with Gasteiger partial charge in [-0.15, -0.1) is 0 Å². The Bertz CT molecular complexity index is 1180. The molecule has 0 saturated heterocycles. The smallest absolute Gasteiger partial charge is 0.259 e. The van der Waals surface area contributed by atoms with Gasteiger partial charge in [0.2, 0.25) is 5.89 Å². The monoisotopic (exact) mass is 501 g/mol. The van der Waals surface area contributed by atoms with Crippen LogP contribution in [0.15, 0.2) is 68.2 Å². The average Bonchev–Trinajstić information content (AvgIpc) is 3.11. The van der Waals surface area contributed by atoms with Crippen LogP contribution < -0.4 is 10.1 Å². The van der Waals surface area contributed by atoms with Gasteiger partial charge in [0.25, 0.3) is 5.91 Å². The number of aromatic nitrogens is 2. The van der Waals surface area contributed by atoms with E-state index in [4.69, 9.17) is 9.15 Å². The van der Waals surface area contributed by atoms with Crippen molar-refractivity contribution in [2.45, 2.75) is 0 Å². The Morgan fingerprint density at radius 3 is 2.79 bits per heavy atom. The lowest BCUT2D eigenvalue weighted by molar-refractivity contribution is 0.102. The number of fused-ring (bicyclic) bond motifs is 1. The molecule has 2 aromatic carbocycles. The maximum Gasteiger partial charge on any atom is 0.259 e. The SMILES string of the molecule is COc1c(Br)cc(Br)cc1C(=O)Nc1ccc2oc(-c3cccnc3)nc2c1. The molecule has 0 atom stereocenters. The van der Waals surface area contributed by atoms with Gasteiger partial charge in [-0.25, -0.2) is 4.98 Å². The minimum absolute atomic E-state index is 0.297. The zero-order valence-corrected chi connectivity index (χ0v) is 17.7. The Labute approximate surface area is 177 Å². The number of amides is 1. The summed E-state index contributed by atoms with van der Waals surface area (Å²) < 4.78 is 12.6. The number of rotatable bonds is 4. The van der Waals surface area contributed by atoms with Crippen LogP contribution in [0.3, 0.4) is 0 Å². The molecule has 6 nitrogen and oxygen atoms in total. The van der Waals surface area contributed by atoms with E-state index in [9.17, 15) is 4.79 Å². The van der Waals surface area contributed by atoms with Crippen molar-refractivity contribution < 1.29 is 13.9 Å². The lowest BCUT2D eigenvalue weighted by Gasteiger charge is -2.11. The second kappa shape index (κ2) is 7.73. The van der Waals surface area contributed by atoms with Crippen LogP contribution in [0.2, 0.25) is 0 Å². The van der Waals surface area contributed by atoms with Gasteiger partial charge in [0.05, 0.1) is 22.7 Å². The highest BCUT2D eigenvalue weighted by atomic mass is 79.9. The fourth-order valence-electron chi connectivity index (χ4n) is 2.75. The van der Waals surface area contributed by atoms with Crippen molar-refractivity contribution in [2.75, 3.05) is 12.4 Å². The number of nitrogens with one attached hydrogen (secondary N) is 1. The number of hydrogen-bond acceptors (Lipinski definition) is 5. The van der Waals surface area contributed by atoms with Crippen LogP contribution in [0.5, 0.6) is 5.75 Å². The van der Waals surface area contributed by atoms with E-state index in [1.54, 1.807) is 36.7 Å². The van der Waals surface area contributed by atoms with Crippen LogP contribution in [0.25, 0.3) is 22.6 Å². The van der Waals surface area contributed by atoms with E-state index in [0.29, 0.717) is 38.5 Å². The van der Waals surface area contributed by atoms with Crippen molar-refractivity contribution in [1.82, 2.24) is 9.97 Å². The molecule has 2 aromatic heterocycles. The van der Waals surface area contributed by atoms with Crippen molar-refractivity contribution in [3.05, 3.63) is 69.4 Å². The minimum Gasteiger partial charge on any atom is -0.495 e. The van der Waals surface area contributed by atoms with Crippen LogP contribution in [0, 0.1) is 0 Å². The second-order valence-corrected chi connectivity index (χ2v) is 7.64. The van der Waals surface area contributed by atoms with E-state index in [-0.39, 0.29) is 5.91 Å². The third-order valence-corrected chi connectivity index (χ3v) is 5.06. The van der Waals surface area contributed by atoms with Gasteiger partial charge in [0, 0.05) is 22.6 Å². The highest BCUT2D eigenvalue weighted by Crippen LogP contribution is 2.33. The number of nitrogens with zero attached hydrogens (tertiary/aromatic N) is 2.